The van der Waals surface area contributed by atoms with Crippen molar-refractivity contribution in [1.82, 2.24) is 0 Å². The zero-order chi connectivity index (χ0) is 8.43. The predicted octanol–water partition coefficient (Wildman–Crippen LogP) is 1.26. The summed E-state index contributed by atoms with van der Waals surface area (Å²) >= 11 is 0. The molecule has 2 heteroatoms. The molecule has 0 aromatic rings. The highest BCUT2D eigenvalue weighted by molar-refractivity contribution is 5.96. The first-order valence-corrected chi connectivity index (χ1v) is 4.08. The first-order chi connectivity index (χ1) is 5.13. The summed E-state index contributed by atoms with van der Waals surface area (Å²) in [6, 6.07) is 0.0826. The van der Waals surface area contributed by atoms with Crippen molar-refractivity contribution in [1.29, 1.82) is 0 Å². The Morgan fingerprint density at radius 3 is 2.55 bits per heavy atom. The number of hydrogen-bond acceptors (Lipinski definition) is 2. The maximum atomic E-state index is 11.4. The Morgan fingerprint density at radius 1 is 1.55 bits per heavy atom. The first-order valence-electron chi connectivity index (χ1n) is 4.08. The van der Waals surface area contributed by atoms with Gasteiger partial charge in [-0.3, -0.25) is 4.79 Å². The molecule has 1 fully saturated rings. The fourth-order valence-corrected chi connectivity index (χ4v) is 1.63. The molecule has 1 rings (SSSR count). The molecule has 0 spiro atoms. The van der Waals surface area contributed by atoms with Gasteiger partial charge < -0.3 is 5.73 Å². The molecular weight excluding hydrogens is 138 g/mol. The normalized spacial score (nSPS) is 30.4. The Bertz CT molecular complexity index is 186. The van der Waals surface area contributed by atoms with Crippen molar-refractivity contribution in [3.63, 3.8) is 0 Å². The molecular formula is C9H15NO. The van der Waals surface area contributed by atoms with E-state index < -0.39 is 0 Å². The molecule has 0 unspecified atom stereocenters. The van der Waals surface area contributed by atoms with Crippen molar-refractivity contribution in [2.75, 3.05) is 0 Å². The average molecular weight is 153 g/mol. The number of hydrogen-bond donors (Lipinski definition) is 1. The number of Topliss-reactive ketones (excluding diaryl/α,β-unsaturated/α-hetero) is 1. The molecule has 1 saturated carbocycles. The summed E-state index contributed by atoms with van der Waals surface area (Å²) in [6.07, 6.45) is 3.03. The molecule has 11 heavy (non-hydrogen) atoms. The summed E-state index contributed by atoms with van der Waals surface area (Å²) in [6.45, 7) is 5.39. The molecule has 0 aliphatic heterocycles. The minimum absolute atomic E-state index is 0.0625. The predicted molar refractivity (Wildman–Crippen MR) is 45.1 cm³/mol. The summed E-state index contributed by atoms with van der Waals surface area (Å²) in [7, 11) is 0. The van der Waals surface area contributed by atoms with E-state index in [4.69, 9.17) is 5.73 Å². The van der Waals surface area contributed by atoms with Crippen molar-refractivity contribution in [2.24, 2.45) is 11.7 Å². The van der Waals surface area contributed by atoms with Gasteiger partial charge in [0.2, 0.25) is 0 Å². The minimum atomic E-state index is 0.0625. The Labute approximate surface area is 67.5 Å². The topological polar surface area (TPSA) is 43.1 Å². The van der Waals surface area contributed by atoms with E-state index >= 15 is 0 Å². The van der Waals surface area contributed by atoms with Crippen LogP contribution in [-0.4, -0.2) is 11.8 Å². The van der Waals surface area contributed by atoms with Gasteiger partial charge in [-0.15, -0.1) is 0 Å². The molecule has 0 aromatic carbocycles. The van der Waals surface area contributed by atoms with Crippen molar-refractivity contribution in [2.45, 2.75) is 32.2 Å². The lowest BCUT2D eigenvalue weighted by molar-refractivity contribution is -0.119. The van der Waals surface area contributed by atoms with Gasteiger partial charge in [0, 0.05) is 12.0 Å². The quantitative estimate of drug-likeness (QED) is 0.607. The third-order valence-electron chi connectivity index (χ3n) is 2.33. The van der Waals surface area contributed by atoms with E-state index in [0.29, 0.717) is 5.57 Å². The van der Waals surface area contributed by atoms with Crippen LogP contribution in [0.1, 0.15) is 26.2 Å². The van der Waals surface area contributed by atoms with Gasteiger partial charge in [-0.1, -0.05) is 13.0 Å². The lowest BCUT2D eigenvalue weighted by Gasteiger charge is -2.12. The molecule has 0 radical (unpaired) electrons. The molecule has 62 valence electrons. The molecule has 1 aliphatic rings. The summed E-state index contributed by atoms with van der Waals surface area (Å²) < 4.78 is 0. The van der Waals surface area contributed by atoms with Gasteiger partial charge in [-0.05, 0) is 25.3 Å². The largest absolute Gasteiger partial charge is 0.327 e. The second kappa shape index (κ2) is 3.18. The van der Waals surface area contributed by atoms with E-state index in [2.05, 4.69) is 6.58 Å². The van der Waals surface area contributed by atoms with Gasteiger partial charge in [0.25, 0.3) is 0 Å². The van der Waals surface area contributed by atoms with Gasteiger partial charge in [0.05, 0.1) is 0 Å². The Hall–Kier alpha value is -0.630. The fourth-order valence-electron chi connectivity index (χ4n) is 1.63. The molecule has 0 saturated heterocycles. The summed E-state index contributed by atoms with van der Waals surface area (Å²) in [5.74, 6) is 0.225. The smallest absolute Gasteiger partial charge is 0.162 e. The Balaban J connectivity index is 2.60. The monoisotopic (exact) mass is 153 g/mol. The number of nitrogens with two attached hydrogens (primary N) is 1. The van der Waals surface area contributed by atoms with Crippen LogP contribution in [0.2, 0.25) is 0 Å². The molecule has 0 amide bonds. The molecule has 2 nitrogen and oxygen atoms in total. The zero-order valence-electron chi connectivity index (χ0n) is 6.97. The van der Waals surface area contributed by atoms with E-state index in [1.54, 1.807) is 6.92 Å². The summed E-state index contributed by atoms with van der Waals surface area (Å²) in [4.78, 5) is 11.4. The average Bonchev–Trinajstić information content (AvgIpc) is 2.33. The second-order valence-electron chi connectivity index (χ2n) is 3.35. The van der Waals surface area contributed by atoms with Crippen LogP contribution in [0, 0.1) is 5.92 Å². The first kappa shape index (κ1) is 8.47. The lowest BCUT2D eigenvalue weighted by Crippen LogP contribution is -2.30. The highest BCUT2D eigenvalue weighted by Crippen LogP contribution is 2.26. The number of carbonyl (C=O) groups excluding carboxylic acids is 1. The van der Waals surface area contributed by atoms with E-state index in [1.807, 2.05) is 0 Å². The zero-order valence-corrected chi connectivity index (χ0v) is 6.97. The maximum Gasteiger partial charge on any atom is 0.162 e. The number of allylic oxidation sites excluding steroid dienone is 1. The Morgan fingerprint density at radius 2 is 2.18 bits per heavy atom. The number of rotatable bonds is 2. The third-order valence-corrected chi connectivity index (χ3v) is 2.33. The van der Waals surface area contributed by atoms with Crippen LogP contribution in [0.3, 0.4) is 0 Å². The lowest BCUT2D eigenvalue weighted by atomic mass is 9.95. The second-order valence-corrected chi connectivity index (χ2v) is 3.35. The van der Waals surface area contributed by atoms with Gasteiger partial charge in [-0.2, -0.15) is 0 Å². The van der Waals surface area contributed by atoms with E-state index in [1.165, 1.54) is 0 Å². The van der Waals surface area contributed by atoms with Crippen LogP contribution in [0.5, 0.6) is 0 Å². The van der Waals surface area contributed by atoms with Crippen molar-refractivity contribution in [3.05, 3.63) is 12.2 Å². The molecule has 0 bridgehead atoms. The minimum Gasteiger partial charge on any atom is -0.327 e. The molecule has 0 aromatic heterocycles. The van der Waals surface area contributed by atoms with Crippen LogP contribution < -0.4 is 5.73 Å². The van der Waals surface area contributed by atoms with E-state index in [-0.39, 0.29) is 17.7 Å². The van der Waals surface area contributed by atoms with Gasteiger partial charge in [-0.25, -0.2) is 0 Å². The van der Waals surface area contributed by atoms with Crippen LogP contribution in [0.25, 0.3) is 0 Å². The standard InChI is InChI=1S/C9H15NO/c1-6(2)9(11)7-4-3-5-8(7)10/h7-8H,1,3-5,10H2,2H3/t7-,8+/m1/s1. The van der Waals surface area contributed by atoms with Gasteiger partial charge in [0.15, 0.2) is 5.78 Å². The van der Waals surface area contributed by atoms with Gasteiger partial charge >= 0.3 is 0 Å². The molecule has 0 heterocycles. The molecule has 2 atom stereocenters. The highest BCUT2D eigenvalue weighted by Gasteiger charge is 2.29. The van der Waals surface area contributed by atoms with Crippen LogP contribution in [0.15, 0.2) is 12.2 Å². The fraction of sp³-hybridized carbons (Fsp3) is 0.667. The summed E-state index contributed by atoms with van der Waals surface area (Å²) in [5.41, 5.74) is 6.40. The van der Waals surface area contributed by atoms with Crippen LogP contribution >= 0.6 is 0 Å². The van der Waals surface area contributed by atoms with Gasteiger partial charge in [0.1, 0.15) is 0 Å². The van der Waals surface area contributed by atoms with E-state index in [9.17, 15) is 4.79 Å². The molecule has 2 N–H and O–H groups in total. The third kappa shape index (κ3) is 1.69. The summed E-state index contributed by atoms with van der Waals surface area (Å²) in [5, 5.41) is 0. The van der Waals surface area contributed by atoms with Crippen LogP contribution in [-0.2, 0) is 4.79 Å². The molecule has 1 aliphatic carbocycles. The van der Waals surface area contributed by atoms with Crippen LogP contribution in [0.4, 0.5) is 0 Å². The SMILES string of the molecule is C=C(C)C(=O)[C@@H]1CCC[C@@H]1N. The highest BCUT2D eigenvalue weighted by atomic mass is 16.1. The van der Waals surface area contributed by atoms with E-state index in [0.717, 1.165) is 19.3 Å². The maximum absolute atomic E-state index is 11.4. The van der Waals surface area contributed by atoms with Crippen molar-refractivity contribution >= 4 is 5.78 Å². The number of carbonyl (C=O) groups is 1. The Kier molecular flexibility index (Phi) is 2.45. The number of ketones is 1. The van der Waals surface area contributed by atoms with Crippen molar-refractivity contribution in [3.8, 4) is 0 Å². The van der Waals surface area contributed by atoms with Crippen molar-refractivity contribution < 1.29 is 4.79 Å².